The van der Waals surface area contributed by atoms with Crippen LogP contribution in [0.2, 0.25) is 0 Å². The smallest absolute Gasteiger partial charge is 0.318 e. The van der Waals surface area contributed by atoms with E-state index in [1.807, 2.05) is 0 Å². The SMILES string of the molecule is [C-]#[N+]C[C@H]1CN(c2nc(OCCN(C)C3CC4(CCC4)C3)nc3c2CCN(c2cccc4cccc(C)c24)C3)CCN1C(=O)C=C. The molecular formula is C37H45N7O2. The zero-order valence-corrected chi connectivity index (χ0v) is 27.2. The fraction of sp³-hybridized carbons (Fsp3) is 0.514. The van der Waals surface area contributed by atoms with Crippen LogP contribution in [0.1, 0.15) is 48.9 Å². The molecular weight excluding hydrogens is 574 g/mol. The number of aromatic nitrogens is 2. The van der Waals surface area contributed by atoms with Crippen molar-refractivity contribution in [3.8, 4) is 6.01 Å². The van der Waals surface area contributed by atoms with Crippen LogP contribution in [0.15, 0.2) is 49.1 Å². The van der Waals surface area contributed by atoms with E-state index in [-0.39, 0.29) is 18.5 Å². The molecule has 0 N–H and O–H groups in total. The fourth-order valence-electron chi connectivity index (χ4n) is 8.21. The highest BCUT2D eigenvalue weighted by Crippen LogP contribution is 2.57. The Labute approximate surface area is 272 Å². The maximum absolute atomic E-state index is 12.6. The average Bonchev–Trinajstić information content (AvgIpc) is 3.02. The molecule has 9 nitrogen and oxygen atoms in total. The Morgan fingerprint density at radius 2 is 1.96 bits per heavy atom. The van der Waals surface area contributed by atoms with Crippen LogP contribution >= 0.6 is 0 Å². The number of rotatable bonds is 9. The number of piperazine rings is 1. The first kappa shape index (κ1) is 30.5. The van der Waals surface area contributed by atoms with Crippen LogP contribution in [0.25, 0.3) is 15.6 Å². The van der Waals surface area contributed by atoms with Crippen molar-refractivity contribution in [3.05, 3.63) is 77.3 Å². The summed E-state index contributed by atoms with van der Waals surface area (Å²) in [6, 6.07) is 13.8. The minimum Gasteiger partial charge on any atom is -0.462 e. The van der Waals surface area contributed by atoms with Gasteiger partial charge < -0.3 is 24.3 Å². The lowest BCUT2D eigenvalue weighted by Gasteiger charge is -2.56. The lowest BCUT2D eigenvalue weighted by atomic mass is 9.54. The van der Waals surface area contributed by atoms with Crippen LogP contribution in [0, 0.1) is 18.9 Å². The number of carbonyl (C=O) groups excluding carboxylic acids is 1. The van der Waals surface area contributed by atoms with E-state index in [0.717, 1.165) is 36.6 Å². The van der Waals surface area contributed by atoms with Gasteiger partial charge in [-0.3, -0.25) is 9.69 Å². The average molecular weight is 620 g/mol. The maximum Gasteiger partial charge on any atom is 0.318 e. The summed E-state index contributed by atoms with van der Waals surface area (Å²) in [5.74, 6) is 0.760. The fourth-order valence-corrected chi connectivity index (χ4v) is 8.21. The molecule has 3 heterocycles. The maximum atomic E-state index is 12.6. The molecule has 0 bridgehead atoms. The number of hydrogen-bond donors (Lipinski definition) is 0. The van der Waals surface area contributed by atoms with Crippen molar-refractivity contribution in [2.75, 3.05) is 62.7 Å². The summed E-state index contributed by atoms with van der Waals surface area (Å²) in [5, 5.41) is 2.53. The number of benzene rings is 2. The van der Waals surface area contributed by atoms with Gasteiger partial charge in [0.15, 0.2) is 0 Å². The van der Waals surface area contributed by atoms with Crippen LogP contribution in [-0.2, 0) is 17.8 Å². The van der Waals surface area contributed by atoms with Gasteiger partial charge in [0.25, 0.3) is 0 Å². The minimum atomic E-state index is -0.222. The monoisotopic (exact) mass is 619 g/mol. The first-order chi connectivity index (χ1) is 22.4. The van der Waals surface area contributed by atoms with E-state index in [4.69, 9.17) is 21.3 Å². The van der Waals surface area contributed by atoms with Gasteiger partial charge in [-0.15, -0.1) is 0 Å². The number of hydrogen-bond acceptors (Lipinski definition) is 7. The molecule has 1 spiro atoms. The molecule has 7 rings (SSSR count). The van der Waals surface area contributed by atoms with Crippen LogP contribution in [0.5, 0.6) is 6.01 Å². The first-order valence-corrected chi connectivity index (χ1v) is 16.9. The number of fused-ring (bicyclic) bond motifs is 2. The van der Waals surface area contributed by atoms with Crippen molar-refractivity contribution in [1.29, 1.82) is 0 Å². The summed E-state index contributed by atoms with van der Waals surface area (Å²) >= 11 is 0. The second kappa shape index (κ2) is 12.6. The van der Waals surface area contributed by atoms with Gasteiger partial charge >= 0.3 is 6.01 Å². The first-order valence-electron chi connectivity index (χ1n) is 16.9. The number of amides is 1. The number of carbonyl (C=O) groups is 1. The third-order valence-electron chi connectivity index (χ3n) is 11.0. The molecule has 4 aliphatic rings. The minimum absolute atomic E-state index is 0.123. The number of nitrogens with zero attached hydrogens (tertiary/aromatic N) is 7. The molecule has 1 saturated heterocycles. The summed E-state index contributed by atoms with van der Waals surface area (Å²) in [4.78, 5) is 35.2. The van der Waals surface area contributed by atoms with Crippen molar-refractivity contribution in [2.24, 2.45) is 5.41 Å². The number of likely N-dealkylation sites (N-methyl/N-ethyl adjacent to an activating group) is 1. The van der Waals surface area contributed by atoms with Crippen molar-refractivity contribution in [3.63, 3.8) is 0 Å². The van der Waals surface area contributed by atoms with Crippen molar-refractivity contribution in [1.82, 2.24) is 19.8 Å². The van der Waals surface area contributed by atoms with Crippen LogP contribution < -0.4 is 14.5 Å². The van der Waals surface area contributed by atoms with Gasteiger partial charge in [-0.2, -0.15) is 9.97 Å². The Bertz CT molecular complexity index is 1660. The second-order valence-corrected chi connectivity index (χ2v) is 13.8. The van der Waals surface area contributed by atoms with Gasteiger partial charge in [0.1, 0.15) is 18.5 Å². The van der Waals surface area contributed by atoms with Crippen LogP contribution in [0.3, 0.4) is 0 Å². The molecule has 2 saturated carbocycles. The van der Waals surface area contributed by atoms with Gasteiger partial charge in [-0.05, 0) is 74.6 Å². The number of ether oxygens (including phenoxy) is 1. The topological polar surface area (TPSA) is 69.4 Å². The number of anilines is 2. The van der Waals surface area contributed by atoms with E-state index >= 15 is 0 Å². The van der Waals surface area contributed by atoms with Crippen molar-refractivity contribution >= 4 is 28.2 Å². The Hall–Kier alpha value is -4.16. The van der Waals surface area contributed by atoms with Crippen molar-refractivity contribution in [2.45, 2.75) is 64.1 Å². The molecule has 9 heteroatoms. The standard InChI is InChI=1S/C37H45N7O2/c1-5-33(45)44-18-17-43(24-29(44)23-38-3)35-30-13-16-42(32-12-7-11-27-10-6-9-26(2)34(27)32)25-31(30)39-36(40-35)46-20-19-41(4)28-21-37(22-28)14-8-15-37/h5-7,9-12,28-29H,1,8,13-25H2,2,4H3/t29-/m0/s1. The van der Waals surface area contributed by atoms with E-state index in [1.54, 1.807) is 4.90 Å². The molecule has 0 radical (unpaired) electrons. The summed E-state index contributed by atoms with van der Waals surface area (Å²) in [7, 11) is 2.21. The quantitative estimate of drug-likeness (QED) is 0.239. The third-order valence-corrected chi connectivity index (χ3v) is 11.0. The molecule has 2 aliphatic carbocycles. The summed E-state index contributed by atoms with van der Waals surface area (Å²) < 4.78 is 6.33. The van der Waals surface area contributed by atoms with E-state index in [2.05, 4.69) is 76.5 Å². The highest BCUT2D eigenvalue weighted by atomic mass is 16.5. The van der Waals surface area contributed by atoms with Crippen LogP contribution in [-0.4, -0.2) is 90.7 Å². The van der Waals surface area contributed by atoms with E-state index in [1.165, 1.54) is 60.2 Å². The second-order valence-electron chi connectivity index (χ2n) is 13.8. The van der Waals surface area contributed by atoms with E-state index < -0.39 is 0 Å². The molecule has 3 aromatic rings. The summed E-state index contributed by atoms with van der Waals surface area (Å²) in [5.41, 5.74) is 5.27. The predicted octanol–water partition coefficient (Wildman–Crippen LogP) is 5.27. The lowest BCUT2D eigenvalue weighted by molar-refractivity contribution is -0.128. The molecule has 1 amide bonds. The van der Waals surface area contributed by atoms with E-state index in [0.29, 0.717) is 50.3 Å². The summed E-state index contributed by atoms with van der Waals surface area (Å²) in [6.07, 6.45) is 8.99. The Morgan fingerprint density at radius 3 is 2.70 bits per heavy atom. The Balaban J connectivity index is 1.15. The lowest BCUT2D eigenvalue weighted by Crippen LogP contribution is -2.56. The normalized spacial score (nSPS) is 20.7. The Morgan fingerprint density at radius 1 is 1.15 bits per heavy atom. The van der Waals surface area contributed by atoms with Gasteiger partial charge in [-0.1, -0.05) is 43.3 Å². The zero-order chi connectivity index (χ0) is 31.8. The van der Waals surface area contributed by atoms with Crippen molar-refractivity contribution < 1.29 is 9.53 Å². The molecule has 1 atom stereocenters. The molecule has 3 fully saturated rings. The van der Waals surface area contributed by atoms with E-state index in [9.17, 15) is 4.79 Å². The Kier molecular flexibility index (Phi) is 8.33. The molecule has 2 aromatic carbocycles. The third kappa shape index (κ3) is 5.68. The molecule has 0 unspecified atom stereocenters. The number of aryl methyl sites for hydroxylation is 1. The van der Waals surface area contributed by atoms with Gasteiger partial charge in [0, 0.05) is 55.4 Å². The largest absolute Gasteiger partial charge is 0.462 e. The molecule has 240 valence electrons. The van der Waals surface area contributed by atoms with Gasteiger partial charge in [-0.25, -0.2) is 6.57 Å². The van der Waals surface area contributed by atoms with Crippen LogP contribution in [0.4, 0.5) is 11.5 Å². The molecule has 1 aromatic heterocycles. The molecule has 2 aliphatic heterocycles. The molecule has 46 heavy (non-hydrogen) atoms. The summed E-state index contributed by atoms with van der Waals surface area (Å²) in [6.45, 7) is 18.2. The van der Waals surface area contributed by atoms with Gasteiger partial charge in [0.2, 0.25) is 12.5 Å². The predicted molar refractivity (Wildman–Crippen MR) is 182 cm³/mol. The van der Waals surface area contributed by atoms with Gasteiger partial charge in [0.05, 0.1) is 12.2 Å². The zero-order valence-electron chi connectivity index (χ0n) is 27.2. The highest BCUT2D eigenvalue weighted by Gasteiger charge is 2.49. The highest BCUT2D eigenvalue weighted by molar-refractivity contribution is 5.97.